The number of nitrogens with zero attached hydrogens (tertiary/aromatic N) is 2. The molecule has 0 radical (unpaired) electrons. The Labute approximate surface area is 268 Å². The number of Topliss-reactive ketones (excluding diaryl/α,β-unsaturated/α-hetero) is 2. The fourth-order valence-corrected chi connectivity index (χ4v) is 7.77. The minimum absolute atomic E-state index is 0.0689. The third-order valence-corrected chi connectivity index (χ3v) is 10.1. The van der Waals surface area contributed by atoms with E-state index < -0.39 is 81.4 Å². The second kappa shape index (κ2) is 11.8. The summed E-state index contributed by atoms with van der Waals surface area (Å²) in [5.41, 5.74) is -3.76. The molecule has 250 valence electrons. The van der Waals surface area contributed by atoms with Crippen molar-refractivity contribution in [2.24, 2.45) is 11.8 Å². The minimum atomic E-state index is -2.93. The van der Waals surface area contributed by atoms with Gasteiger partial charge in [0.15, 0.2) is 11.4 Å². The Kier molecular flexibility index (Phi) is 8.63. The van der Waals surface area contributed by atoms with Crippen LogP contribution in [0.5, 0.6) is 5.75 Å². The monoisotopic (exact) mass is 639 g/mol. The number of phenolic OH excluding ortho intramolecular Hbond substituents is 1. The van der Waals surface area contributed by atoms with Crippen LogP contribution in [0, 0.1) is 11.8 Å². The molecule has 0 saturated carbocycles. The van der Waals surface area contributed by atoms with Crippen LogP contribution in [0.25, 0.3) is 0 Å². The topological polar surface area (TPSA) is 177 Å². The van der Waals surface area contributed by atoms with E-state index in [0.717, 1.165) is 25.9 Å². The Morgan fingerprint density at radius 2 is 1.74 bits per heavy atom. The Morgan fingerprint density at radius 3 is 2.30 bits per heavy atom. The number of esters is 1. The third-order valence-electron chi connectivity index (χ3n) is 10.1. The summed E-state index contributed by atoms with van der Waals surface area (Å²) in [5, 5.41) is 50.0. The molecule has 1 amide bonds. The molecule has 5 N–H and O–H groups in total. The van der Waals surface area contributed by atoms with Gasteiger partial charge in [-0.25, -0.2) is 0 Å². The van der Waals surface area contributed by atoms with Crippen molar-refractivity contribution in [2.75, 3.05) is 33.9 Å². The molecular formula is C34H45N3O9. The highest BCUT2D eigenvalue weighted by molar-refractivity contribution is 6.25. The Hall–Kier alpha value is -3.74. The summed E-state index contributed by atoms with van der Waals surface area (Å²) in [5.74, 6) is -8.89. The molecular weight excluding hydrogens is 594 g/mol. The molecule has 0 bridgehead atoms. The molecule has 1 aromatic carbocycles. The van der Waals surface area contributed by atoms with E-state index in [2.05, 4.69) is 5.32 Å². The van der Waals surface area contributed by atoms with E-state index in [0.29, 0.717) is 11.1 Å². The molecule has 46 heavy (non-hydrogen) atoms. The van der Waals surface area contributed by atoms with Gasteiger partial charge in [0.05, 0.1) is 24.2 Å². The number of ketones is 2. The first-order valence-electron chi connectivity index (χ1n) is 15.9. The number of fused-ring (bicyclic) bond motifs is 3. The van der Waals surface area contributed by atoms with Crippen LogP contribution in [0.3, 0.4) is 0 Å². The van der Waals surface area contributed by atoms with Crippen LogP contribution in [-0.4, -0.2) is 105 Å². The predicted octanol–water partition coefficient (Wildman–Crippen LogP) is 2.60. The van der Waals surface area contributed by atoms with Gasteiger partial charge in [0.25, 0.3) is 5.91 Å². The normalized spacial score (nSPS) is 29.9. The van der Waals surface area contributed by atoms with Crippen molar-refractivity contribution in [2.45, 2.75) is 83.0 Å². The lowest BCUT2D eigenvalue weighted by Gasteiger charge is -2.54. The molecule has 5 rings (SSSR count). The summed E-state index contributed by atoms with van der Waals surface area (Å²) in [6.07, 6.45) is 0.444. The van der Waals surface area contributed by atoms with Crippen LogP contribution in [0.4, 0.5) is 0 Å². The second-order valence-corrected chi connectivity index (χ2v) is 14.2. The highest BCUT2D eigenvalue weighted by Gasteiger charge is 2.68. The Balaban J connectivity index is 1.74. The van der Waals surface area contributed by atoms with E-state index in [9.17, 15) is 39.6 Å². The molecule has 6 atom stereocenters. The first-order chi connectivity index (χ1) is 21.5. The Morgan fingerprint density at radius 1 is 1.11 bits per heavy atom. The molecule has 12 nitrogen and oxygen atoms in total. The number of benzene rings is 1. The highest BCUT2D eigenvalue weighted by atomic mass is 16.5. The minimum Gasteiger partial charge on any atom is -0.510 e. The summed E-state index contributed by atoms with van der Waals surface area (Å²) in [6.45, 7) is 10.5. The van der Waals surface area contributed by atoms with Gasteiger partial charge in [-0.3, -0.25) is 29.0 Å². The molecule has 1 fully saturated rings. The van der Waals surface area contributed by atoms with Crippen molar-refractivity contribution in [3.05, 3.63) is 51.5 Å². The summed E-state index contributed by atoms with van der Waals surface area (Å²) >= 11 is 0. The number of carbonyl (C=O) groups excluding carboxylic acids is 4. The molecule has 0 spiro atoms. The molecule has 1 saturated heterocycles. The van der Waals surface area contributed by atoms with Crippen molar-refractivity contribution in [1.82, 2.24) is 15.1 Å². The van der Waals surface area contributed by atoms with Crippen molar-refractivity contribution in [1.29, 1.82) is 0 Å². The van der Waals surface area contributed by atoms with E-state index >= 15 is 0 Å². The van der Waals surface area contributed by atoms with E-state index in [1.54, 1.807) is 40.1 Å². The third kappa shape index (κ3) is 5.01. The van der Waals surface area contributed by atoms with Gasteiger partial charge in [0.1, 0.15) is 28.9 Å². The average Bonchev–Trinajstić information content (AvgIpc) is 3.50. The maximum absolute atomic E-state index is 14.4. The molecule has 0 aromatic heterocycles. The maximum Gasteiger partial charge on any atom is 0.305 e. The zero-order valence-corrected chi connectivity index (χ0v) is 27.5. The lowest BCUT2D eigenvalue weighted by molar-refractivity contribution is -0.180. The number of likely N-dealkylation sites (tertiary alicyclic amines) is 1. The molecule has 0 unspecified atom stereocenters. The van der Waals surface area contributed by atoms with Gasteiger partial charge in [-0.15, -0.1) is 0 Å². The number of phenols is 1. The molecule has 1 aromatic rings. The molecule has 4 aliphatic rings. The highest BCUT2D eigenvalue weighted by Crippen LogP contribution is 2.57. The smallest absolute Gasteiger partial charge is 0.305 e. The van der Waals surface area contributed by atoms with Crippen LogP contribution in [0.1, 0.15) is 81.3 Å². The number of nitrogens with one attached hydrogen (secondary N) is 1. The molecule has 1 heterocycles. The fourth-order valence-electron chi connectivity index (χ4n) is 7.77. The number of rotatable bonds is 6. The van der Waals surface area contributed by atoms with E-state index in [-0.39, 0.29) is 30.0 Å². The van der Waals surface area contributed by atoms with E-state index in [1.165, 1.54) is 4.90 Å². The number of hydrogen-bond acceptors (Lipinski definition) is 11. The lowest BCUT2D eigenvalue weighted by Crippen LogP contribution is -2.69. The van der Waals surface area contributed by atoms with Crippen LogP contribution in [0.2, 0.25) is 0 Å². The lowest BCUT2D eigenvalue weighted by atomic mass is 9.55. The van der Waals surface area contributed by atoms with Crippen LogP contribution < -0.4 is 5.32 Å². The summed E-state index contributed by atoms with van der Waals surface area (Å²) in [7, 11) is 3.12. The second-order valence-electron chi connectivity index (χ2n) is 14.2. The summed E-state index contributed by atoms with van der Waals surface area (Å²) in [4.78, 5) is 58.6. The SMILES string of the molecule is CCC(=O)O[C@H]1[C@@H]2C(=C(O)[C@]3(O)C(=O)C(C(=O)NCN4CCCC4)=C(O)[C@H](N(C)C)[C@@H]13)C(=O)c1c(ccc(C(C)(C)C)c1O)[C@@H]2C. The van der Waals surface area contributed by atoms with Gasteiger partial charge in [0, 0.05) is 23.5 Å². The number of likely N-dealkylation sites (N-methyl/N-ethyl adjacent to an activating group) is 1. The number of aliphatic hydroxyl groups is 3. The van der Waals surface area contributed by atoms with Crippen molar-refractivity contribution < 1.29 is 44.3 Å². The van der Waals surface area contributed by atoms with Gasteiger partial charge in [-0.05, 0) is 56.9 Å². The number of carbonyl (C=O) groups is 4. The number of amides is 1. The van der Waals surface area contributed by atoms with E-state index in [4.69, 9.17) is 4.74 Å². The summed E-state index contributed by atoms with van der Waals surface area (Å²) < 4.78 is 5.94. The van der Waals surface area contributed by atoms with Crippen LogP contribution in [-0.2, 0) is 24.5 Å². The van der Waals surface area contributed by atoms with Gasteiger partial charge >= 0.3 is 5.97 Å². The number of aliphatic hydroxyl groups excluding tert-OH is 2. The average molecular weight is 640 g/mol. The summed E-state index contributed by atoms with van der Waals surface area (Å²) in [6, 6.07) is 2.17. The van der Waals surface area contributed by atoms with Gasteiger partial charge in [0.2, 0.25) is 5.78 Å². The zero-order chi connectivity index (χ0) is 34.0. The van der Waals surface area contributed by atoms with Gasteiger partial charge in [-0.1, -0.05) is 46.8 Å². The quantitative estimate of drug-likeness (QED) is 0.228. The standard InChI is InChI=1S/C34H45N3O9/c1-8-19(38)46-29-20-16(2)17-11-12-18(33(3,4)5)26(39)21(17)27(40)22(20)30(42)34(45)24(29)25(36(6)7)28(41)23(31(34)43)32(44)35-15-37-13-9-10-14-37/h11-12,16,20,24-25,29,39,41-42,45H,8-10,13-15H2,1-7H3,(H,35,44)/t16-,20-,24-,25+,29-,34-/m0/s1. The van der Waals surface area contributed by atoms with Crippen molar-refractivity contribution >= 4 is 23.4 Å². The predicted molar refractivity (Wildman–Crippen MR) is 167 cm³/mol. The van der Waals surface area contributed by atoms with Gasteiger partial charge in [-0.2, -0.15) is 0 Å². The number of aromatic hydroxyl groups is 1. The first-order valence-corrected chi connectivity index (χ1v) is 15.9. The van der Waals surface area contributed by atoms with Gasteiger partial charge < -0.3 is 30.5 Å². The van der Waals surface area contributed by atoms with E-state index in [1.807, 2.05) is 25.7 Å². The Bertz CT molecular complexity index is 1550. The number of hydrogen-bond donors (Lipinski definition) is 5. The molecule has 3 aliphatic carbocycles. The molecule has 1 aliphatic heterocycles. The number of ether oxygens (including phenoxy) is 1. The van der Waals surface area contributed by atoms with Crippen LogP contribution >= 0.6 is 0 Å². The van der Waals surface area contributed by atoms with Crippen molar-refractivity contribution in [3.63, 3.8) is 0 Å². The van der Waals surface area contributed by atoms with Crippen LogP contribution in [0.15, 0.2) is 34.8 Å². The van der Waals surface area contributed by atoms with Crippen molar-refractivity contribution in [3.8, 4) is 5.75 Å². The first kappa shape index (κ1) is 33.6. The fraction of sp³-hybridized carbons (Fsp3) is 0.588. The zero-order valence-electron chi connectivity index (χ0n) is 27.5. The molecule has 12 heteroatoms. The maximum atomic E-state index is 14.4. The largest absolute Gasteiger partial charge is 0.510 e.